The highest BCUT2D eigenvalue weighted by Gasteiger charge is 2.37. The molecule has 0 bridgehead atoms. The number of nitrogens with zero attached hydrogens (tertiary/aromatic N) is 1. The molecule has 0 aromatic carbocycles. The second kappa shape index (κ2) is 5.23. The van der Waals surface area contributed by atoms with Crippen LogP contribution in [0.4, 0.5) is 0 Å². The summed E-state index contributed by atoms with van der Waals surface area (Å²) in [5.74, 6) is 0. The lowest BCUT2D eigenvalue weighted by Gasteiger charge is -2.33. The van der Waals surface area contributed by atoms with Gasteiger partial charge in [-0.2, -0.15) is 0 Å². The molecule has 0 radical (unpaired) electrons. The topological polar surface area (TPSA) is 43.4 Å². The van der Waals surface area contributed by atoms with Gasteiger partial charge < -0.3 is 14.8 Å². The standard InChI is InChI=1S/C11H18N2O2S/c1-12-7-9-8-13-10(16-9)11(14-2)3-5-15-6-4-11/h8,12H,3-7H2,1-2H3. The molecular formula is C11H18N2O2S. The van der Waals surface area contributed by atoms with E-state index in [0.29, 0.717) is 0 Å². The fourth-order valence-corrected chi connectivity index (χ4v) is 3.13. The Morgan fingerprint density at radius 2 is 2.31 bits per heavy atom. The van der Waals surface area contributed by atoms with Gasteiger partial charge in [-0.1, -0.05) is 0 Å². The number of thiazole rings is 1. The maximum Gasteiger partial charge on any atom is 0.125 e. The Morgan fingerprint density at radius 3 is 2.94 bits per heavy atom. The van der Waals surface area contributed by atoms with Gasteiger partial charge in [0.25, 0.3) is 0 Å². The molecule has 4 nitrogen and oxygen atoms in total. The van der Waals surface area contributed by atoms with Crippen molar-refractivity contribution in [2.45, 2.75) is 25.0 Å². The van der Waals surface area contributed by atoms with Crippen LogP contribution >= 0.6 is 11.3 Å². The third kappa shape index (κ3) is 2.27. The molecule has 90 valence electrons. The van der Waals surface area contributed by atoms with E-state index in [1.807, 2.05) is 13.2 Å². The monoisotopic (exact) mass is 242 g/mol. The molecule has 0 unspecified atom stereocenters. The number of methoxy groups -OCH3 is 1. The Balaban J connectivity index is 2.18. The minimum absolute atomic E-state index is 0.213. The smallest absolute Gasteiger partial charge is 0.125 e. The van der Waals surface area contributed by atoms with Crippen LogP contribution in [-0.2, 0) is 21.6 Å². The van der Waals surface area contributed by atoms with Crippen LogP contribution in [0.2, 0.25) is 0 Å². The van der Waals surface area contributed by atoms with Crippen molar-refractivity contribution in [2.75, 3.05) is 27.4 Å². The van der Waals surface area contributed by atoms with Crippen molar-refractivity contribution in [3.8, 4) is 0 Å². The highest BCUT2D eigenvalue weighted by atomic mass is 32.1. The normalized spacial score (nSPS) is 19.9. The Bertz CT molecular complexity index is 334. The van der Waals surface area contributed by atoms with E-state index in [-0.39, 0.29) is 5.60 Å². The molecule has 1 aliphatic heterocycles. The predicted octanol–water partition coefficient (Wildman–Crippen LogP) is 1.51. The van der Waals surface area contributed by atoms with Crippen LogP contribution in [0, 0.1) is 0 Å². The molecule has 0 saturated carbocycles. The van der Waals surface area contributed by atoms with Gasteiger partial charge in [-0.25, -0.2) is 4.98 Å². The Kier molecular flexibility index (Phi) is 3.91. The summed E-state index contributed by atoms with van der Waals surface area (Å²) in [6.45, 7) is 2.39. The highest BCUT2D eigenvalue weighted by Crippen LogP contribution is 2.37. The van der Waals surface area contributed by atoms with Gasteiger partial charge in [-0.3, -0.25) is 0 Å². The van der Waals surface area contributed by atoms with Gasteiger partial charge in [-0.05, 0) is 7.05 Å². The maximum atomic E-state index is 5.70. The maximum absolute atomic E-state index is 5.70. The van der Waals surface area contributed by atoms with Crippen molar-refractivity contribution in [1.29, 1.82) is 0 Å². The lowest BCUT2D eigenvalue weighted by Crippen LogP contribution is -2.35. The number of rotatable bonds is 4. The molecule has 1 aromatic rings. The minimum atomic E-state index is -0.213. The lowest BCUT2D eigenvalue weighted by molar-refractivity contribution is -0.0948. The Hall–Kier alpha value is -0.490. The van der Waals surface area contributed by atoms with Crippen molar-refractivity contribution in [1.82, 2.24) is 10.3 Å². The zero-order chi connectivity index (χ0) is 11.4. The first-order valence-corrected chi connectivity index (χ1v) is 6.35. The van der Waals surface area contributed by atoms with Crippen LogP contribution in [0.5, 0.6) is 0 Å². The minimum Gasteiger partial charge on any atom is -0.381 e. The molecule has 1 N–H and O–H groups in total. The summed E-state index contributed by atoms with van der Waals surface area (Å²) in [7, 11) is 3.71. The SMILES string of the molecule is CNCc1cnc(C2(OC)CCOCC2)s1. The molecule has 0 spiro atoms. The van der Waals surface area contributed by atoms with E-state index in [1.54, 1.807) is 18.4 Å². The first-order valence-electron chi connectivity index (χ1n) is 5.53. The average molecular weight is 242 g/mol. The van der Waals surface area contributed by atoms with E-state index in [0.717, 1.165) is 37.6 Å². The van der Waals surface area contributed by atoms with Crippen LogP contribution in [0.25, 0.3) is 0 Å². The van der Waals surface area contributed by atoms with E-state index in [9.17, 15) is 0 Å². The highest BCUT2D eigenvalue weighted by molar-refractivity contribution is 7.11. The molecular weight excluding hydrogens is 224 g/mol. The number of ether oxygens (including phenoxy) is 2. The fourth-order valence-electron chi connectivity index (χ4n) is 1.98. The Morgan fingerprint density at radius 1 is 1.56 bits per heavy atom. The fraction of sp³-hybridized carbons (Fsp3) is 0.727. The van der Waals surface area contributed by atoms with E-state index in [1.165, 1.54) is 4.88 Å². The molecule has 0 amide bonds. The van der Waals surface area contributed by atoms with Crippen molar-refractivity contribution < 1.29 is 9.47 Å². The van der Waals surface area contributed by atoms with Gasteiger partial charge in [-0.15, -0.1) is 11.3 Å². The molecule has 5 heteroatoms. The second-order valence-electron chi connectivity index (χ2n) is 3.97. The van der Waals surface area contributed by atoms with Crippen LogP contribution in [-0.4, -0.2) is 32.4 Å². The molecule has 16 heavy (non-hydrogen) atoms. The zero-order valence-corrected chi connectivity index (χ0v) is 10.6. The molecule has 1 saturated heterocycles. The Labute approximate surface area is 100.0 Å². The molecule has 1 aromatic heterocycles. The van der Waals surface area contributed by atoms with E-state index in [2.05, 4.69) is 10.3 Å². The molecule has 0 atom stereocenters. The van der Waals surface area contributed by atoms with Gasteiger partial charge in [0.05, 0.1) is 0 Å². The largest absolute Gasteiger partial charge is 0.381 e. The molecule has 1 aliphatic rings. The van der Waals surface area contributed by atoms with Crippen molar-refractivity contribution in [2.24, 2.45) is 0 Å². The number of hydrogen-bond acceptors (Lipinski definition) is 5. The summed E-state index contributed by atoms with van der Waals surface area (Å²) in [5.41, 5.74) is -0.213. The third-order valence-electron chi connectivity index (χ3n) is 2.99. The summed E-state index contributed by atoms with van der Waals surface area (Å²) < 4.78 is 11.1. The summed E-state index contributed by atoms with van der Waals surface area (Å²) in [6.07, 6.45) is 3.73. The average Bonchev–Trinajstić information content (AvgIpc) is 2.80. The summed E-state index contributed by atoms with van der Waals surface area (Å²) in [6, 6.07) is 0. The van der Waals surface area contributed by atoms with Gasteiger partial charge in [0, 0.05) is 50.8 Å². The van der Waals surface area contributed by atoms with Gasteiger partial charge in [0.1, 0.15) is 10.6 Å². The summed E-state index contributed by atoms with van der Waals surface area (Å²) in [5, 5.41) is 4.22. The first kappa shape index (κ1) is 12.0. The van der Waals surface area contributed by atoms with Crippen molar-refractivity contribution in [3.05, 3.63) is 16.1 Å². The van der Waals surface area contributed by atoms with E-state index < -0.39 is 0 Å². The van der Waals surface area contributed by atoms with Crippen molar-refractivity contribution >= 4 is 11.3 Å². The molecule has 0 aliphatic carbocycles. The number of nitrogens with one attached hydrogen (secondary N) is 1. The van der Waals surface area contributed by atoms with Crippen LogP contribution in [0.1, 0.15) is 22.7 Å². The first-order chi connectivity index (χ1) is 7.80. The van der Waals surface area contributed by atoms with Gasteiger partial charge in [0.15, 0.2) is 0 Å². The number of hydrogen-bond donors (Lipinski definition) is 1. The van der Waals surface area contributed by atoms with Crippen LogP contribution < -0.4 is 5.32 Å². The van der Waals surface area contributed by atoms with Crippen LogP contribution in [0.3, 0.4) is 0 Å². The van der Waals surface area contributed by atoms with Crippen molar-refractivity contribution in [3.63, 3.8) is 0 Å². The van der Waals surface area contributed by atoms with Gasteiger partial charge in [0.2, 0.25) is 0 Å². The quantitative estimate of drug-likeness (QED) is 0.869. The lowest BCUT2D eigenvalue weighted by atomic mass is 9.95. The zero-order valence-electron chi connectivity index (χ0n) is 9.78. The third-order valence-corrected chi connectivity index (χ3v) is 4.17. The molecule has 2 heterocycles. The van der Waals surface area contributed by atoms with Crippen LogP contribution in [0.15, 0.2) is 6.20 Å². The van der Waals surface area contributed by atoms with E-state index >= 15 is 0 Å². The molecule has 1 fully saturated rings. The molecule has 2 rings (SSSR count). The number of aromatic nitrogens is 1. The predicted molar refractivity (Wildman–Crippen MR) is 63.6 cm³/mol. The van der Waals surface area contributed by atoms with Gasteiger partial charge >= 0.3 is 0 Å². The summed E-state index contributed by atoms with van der Waals surface area (Å²) in [4.78, 5) is 5.75. The second-order valence-corrected chi connectivity index (χ2v) is 5.09. The van der Waals surface area contributed by atoms with E-state index in [4.69, 9.17) is 9.47 Å². The summed E-state index contributed by atoms with van der Waals surface area (Å²) >= 11 is 1.73.